The summed E-state index contributed by atoms with van der Waals surface area (Å²) in [6.45, 7) is 0. The van der Waals surface area contributed by atoms with Gasteiger partial charge in [-0.1, -0.05) is 54.6 Å². The Kier molecular flexibility index (Phi) is 3.05. The summed E-state index contributed by atoms with van der Waals surface area (Å²) in [5.41, 5.74) is 2.02. The van der Waals surface area contributed by atoms with Crippen LogP contribution in [0.15, 0.2) is 76.7 Å². The first-order valence-electron chi connectivity index (χ1n) is 7.29. The highest BCUT2D eigenvalue weighted by Gasteiger charge is 2.32. The van der Waals surface area contributed by atoms with Gasteiger partial charge >= 0.3 is 0 Å². The van der Waals surface area contributed by atoms with Gasteiger partial charge in [-0.15, -0.1) is 0 Å². The highest BCUT2D eigenvalue weighted by molar-refractivity contribution is 6.41. The SMILES string of the molecule is O=C1C(=Cc2ccc(-c3ccccc3)o2)C(=O)c2ccccc21. The van der Waals surface area contributed by atoms with Crippen molar-refractivity contribution in [1.82, 2.24) is 0 Å². The minimum atomic E-state index is -0.247. The van der Waals surface area contributed by atoms with Crippen LogP contribution >= 0.6 is 0 Å². The lowest BCUT2D eigenvalue weighted by Crippen LogP contribution is -1.99. The summed E-state index contributed by atoms with van der Waals surface area (Å²) >= 11 is 0. The van der Waals surface area contributed by atoms with E-state index in [0.29, 0.717) is 22.6 Å². The monoisotopic (exact) mass is 300 g/mol. The van der Waals surface area contributed by atoms with Crippen molar-refractivity contribution in [3.05, 3.63) is 89.2 Å². The van der Waals surface area contributed by atoms with Crippen LogP contribution in [0.2, 0.25) is 0 Å². The van der Waals surface area contributed by atoms with Crippen LogP contribution in [0.1, 0.15) is 26.5 Å². The van der Waals surface area contributed by atoms with Gasteiger partial charge in [0.2, 0.25) is 0 Å². The van der Waals surface area contributed by atoms with E-state index in [9.17, 15) is 9.59 Å². The van der Waals surface area contributed by atoms with Gasteiger partial charge in [-0.05, 0) is 18.2 Å². The summed E-state index contributed by atoms with van der Waals surface area (Å²) in [5.74, 6) is 0.702. The molecule has 0 radical (unpaired) electrons. The number of benzene rings is 2. The molecule has 3 aromatic rings. The Morgan fingerprint density at radius 1 is 0.696 bits per heavy atom. The average molecular weight is 300 g/mol. The second-order valence-electron chi connectivity index (χ2n) is 5.33. The van der Waals surface area contributed by atoms with Gasteiger partial charge in [-0.2, -0.15) is 0 Å². The Morgan fingerprint density at radius 2 is 1.30 bits per heavy atom. The molecule has 1 aliphatic rings. The van der Waals surface area contributed by atoms with E-state index in [2.05, 4.69) is 0 Å². The summed E-state index contributed by atoms with van der Waals surface area (Å²) in [6, 6.07) is 20.1. The van der Waals surface area contributed by atoms with Crippen molar-refractivity contribution in [2.45, 2.75) is 0 Å². The first kappa shape index (κ1) is 13.5. The molecule has 0 saturated heterocycles. The average Bonchev–Trinajstić information content (AvgIpc) is 3.16. The minimum absolute atomic E-state index is 0.153. The molecule has 0 unspecified atom stereocenters. The Morgan fingerprint density at radius 3 is 1.96 bits per heavy atom. The molecule has 2 aromatic carbocycles. The number of carbonyl (C=O) groups excluding carboxylic acids is 2. The van der Waals surface area contributed by atoms with Crippen LogP contribution < -0.4 is 0 Å². The van der Waals surface area contributed by atoms with Crippen LogP contribution in [0, 0.1) is 0 Å². The molecule has 0 bridgehead atoms. The van der Waals surface area contributed by atoms with Crippen LogP contribution in [-0.2, 0) is 0 Å². The summed E-state index contributed by atoms with van der Waals surface area (Å²) in [5, 5.41) is 0. The van der Waals surface area contributed by atoms with Crippen molar-refractivity contribution >= 4 is 17.6 Å². The zero-order valence-electron chi connectivity index (χ0n) is 12.2. The number of fused-ring (bicyclic) bond motifs is 1. The molecule has 0 amide bonds. The topological polar surface area (TPSA) is 47.3 Å². The number of hydrogen-bond donors (Lipinski definition) is 0. The van der Waals surface area contributed by atoms with Crippen molar-refractivity contribution in [3.63, 3.8) is 0 Å². The highest BCUT2D eigenvalue weighted by atomic mass is 16.3. The summed E-state index contributed by atoms with van der Waals surface area (Å²) in [6.07, 6.45) is 1.52. The number of ketones is 2. The molecule has 0 fully saturated rings. The van der Waals surface area contributed by atoms with E-state index in [1.54, 1.807) is 30.3 Å². The highest BCUT2D eigenvalue weighted by Crippen LogP contribution is 2.29. The molecule has 110 valence electrons. The van der Waals surface area contributed by atoms with Gasteiger partial charge in [0, 0.05) is 16.7 Å². The number of allylic oxidation sites excluding steroid dienone is 1. The summed E-state index contributed by atoms with van der Waals surface area (Å²) in [7, 11) is 0. The smallest absolute Gasteiger partial charge is 0.197 e. The molecular formula is C20H12O3. The number of hydrogen-bond acceptors (Lipinski definition) is 3. The number of rotatable bonds is 2. The molecule has 0 atom stereocenters. The Hall–Kier alpha value is -3.20. The molecule has 1 aromatic heterocycles. The molecule has 0 aliphatic heterocycles. The molecule has 4 rings (SSSR count). The minimum Gasteiger partial charge on any atom is -0.457 e. The van der Waals surface area contributed by atoms with Gasteiger partial charge in [0.1, 0.15) is 11.5 Å². The Bertz CT molecular complexity index is 909. The van der Waals surface area contributed by atoms with Crippen LogP contribution in [0.5, 0.6) is 0 Å². The standard InChI is InChI=1S/C20H12O3/c21-19-15-8-4-5-9-16(15)20(22)17(19)12-14-10-11-18(23-14)13-6-2-1-3-7-13/h1-12H. The molecule has 1 heterocycles. The van der Waals surface area contributed by atoms with Gasteiger partial charge < -0.3 is 4.42 Å². The summed E-state index contributed by atoms with van der Waals surface area (Å²) in [4.78, 5) is 24.7. The fraction of sp³-hybridized carbons (Fsp3) is 0. The largest absolute Gasteiger partial charge is 0.457 e. The van der Waals surface area contributed by atoms with Crippen molar-refractivity contribution in [2.75, 3.05) is 0 Å². The second-order valence-corrected chi connectivity index (χ2v) is 5.33. The maximum atomic E-state index is 12.4. The zero-order chi connectivity index (χ0) is 15.8. The first-order chi connectivity index (χ1) is 11.2. The zero-order valence-corrected chi connectivity index (χ0v) is 12.2. The third kappa shape index (κ3) is 2.23. The van der Waals surface area contributed by atoms with Crippen molar-refractivity contribution in [3.8, 4) is 11.3 Å². The van der Waals surface area contributed by atoms with Gasteiger partial charge in [0.15, 0.2) is 11.6 Å². The van der Waals surface area contributed by atoms with E-state index in [0.717, 1.165) is 5.56 Å². The van der Waals surface area contributed by atoms with Crippen molar-refractivity contribution < 1.29 is 14.0 Å². The third-order valence-electron chi connectivity index (χ3n) is 3.88. The maximum Gasteiger partial charge on any atom is 0.197 e. The van der Waals surface area contributed by atoms with Crippen LogP contribution in [0.4, 0.5) is 0 Å². The van der Waals surface area contributed by atoms with Crippen LogP contribution in [0.25, 0.3) is 17.4 Å². The molecular weight excluding hydrogens is 288 g/mol. The van der Waals surface area contributed by atoms with E-state index in [1.165, 1.54) is 6.08 Å². The molecule has 1 aliphatic carbocycles. The van der Waals surface area contributed by atoms with E-state index >= 15 is 0 Å². The number of carbonyl (C=O) groups is 2. The molecule has 3 heteroatoms. The van der Waals surface area contributed by atoms with Crippen LogP contribution in [-0.4, -0.2) is 11.6 Å². The number of Topliss-reactive ketones (excluding diaryl/α,β-unsaturated/α-hetero) is 2. The fourth-order valence-electron chi connectivity index (χ4n) is 2.73. The van der Waals surface area contributed by atoms with Crippen LogP contribution in [0.3, 0.4) is 0 Å². The summed E-state index contributed by atoms with van der Waals surface area (Å²) < 4.78 is 5.75. The normalized spacial score (nSPS) is 13.3. The van der Waals surface area contributed by atoms with Gasteiger partial charge in [0.25, 0.3) is 0 Å². The van der Waals surface area contributed by atoms with E-state index in [-0.39, 0.29) is 17.1 Å². The molecule has 23 heavy (non-hydrogen) atoms. The molecule has 0 N–H and O–H groups in total. The van der Waals surface area contributed by atoms with Crippen molar-refractivity contribution in [2.24, 2.45) is 0 Å². The van der Waals surface area contributed by atoms with Gasteiger partial charge in [-0.3, -0.25) is 9.59 Å². The number of furan rings is 1. The second kappa shape index (κ2) is 5.21. The Balaban J connectivity index is 1.71. The van der Waals surface area contributed by atoms with Gasteiger partial charge in [0.05, 0.1) is 5.57 Å². The lowest BCUT2D eigenvalue weighted by atomic mass is 10.1. The van der Waals surface area contributed by atoms with E-state index < -0.39 is 0 Å². The third-order valence-corrected chi connectivity index (χ3v) is 3.88. The molecule has 0 spiro atoms. The van der Waals surface area contributed by atoms with E-state index in [4.69, 9.17) is 4.42 Å². The molecule has 3 nitrogen and oxygen atoms in total. The predicted molar refractivity (Wildman–Crippen MR) is 87.2 cm³/mol. The Labute approximate surface area is 132 Å². The fourth-order valence-corrected chi connectivity index (χ4v) is 2.73. The van der Waals surface area contributed by atoms with Gasteiger partial charge in [-0.25, -0.2) is 0 Å². The first-order valence-corrected chi connectivity index (χ1v) is 7.29. The predicted octanol–water partition coefficient (Wildman–Crippen LogP) is 4.41. The lowest BCUT2D eigenvalue weighted by molar-refractivity contribution is 0.0990. The van der Waals surface area contributed by atoms with Crippen molar-refractivity contribution in [1.29, 1.82) is 0 Å². The maximum absolute atomic E-state index is 12.4. The lowest BCUT2D eigenvalue weighted by Gasteiger charge is -1.95. The quantitative estimate of drug-likeness (QED) is 0.520. The van der Waals surface area contributed by atoms with E-state index in [1.807, 2.05) is 36.4 Å². The molecule has 0 saturated carbocycles.